The Morgan fingerprint density at radius 1 is 1.36 bits per heavy atom. The van der Waals surface area contributed by atoms with Crippen LogP contribution in [0.3, 0.4) is 0 Å². The molecular weight excluding hydrogens is 344 g/mol. The molecule has 0 radical (unpaired) electrons. The number of ether oxygens (including phenoxy) is 1. The minimum Gasteiger partial charge on any atom is -0.380 e. The number of methoxy groups -OCH3 is 1. The van der Waals surface area contributed by atoms with Crippen LogP contribution >= 0.6 is 15.9 Å². The monoisotopic (exact) mass is 366 g/mol. The van der Waals surface area contributed by atoms with Gasteiger partial charge < -0.3 is 15.4 Å². The van der Waals surface area contributed by atoms with E-state index in [4.69, 9.17) is 4.74 Å². The van der Waals surface area contributed by atoms with Gasteiger partial charge in [0.25, 0.3) is 0 Å². The normalized spacial score (nSPS) is 26.9. The molecule has 1 aromatic rings. The third-order valence-corrected chi connectivity index (χ3v) is 5.47. The number of hydrogen-bond acceptors (Lipinski definition) is 3. The quantitative estimate of drug-likeness (QED) is 0.838. The lowest BCUT2D eigenvalue weighted by Gasteiger charge is -2.28. The minimum atomic E-state index is 0.113. The third-order valence-electron chi connectivity index (χ3n) is 4.73. The summed E-state index contributed by atoms with van der Waals surface area (Å²) in [6, 6.07) is 7.10. The molecule has 22 heavy (non-hydrogen) atoms. The number of carbonyl (C=O) groups excluding carboxylic acids is 1. The van der Waals surface area contributed by atoms with Gasteiger partial charge in [-0.3, -0.25) is 4.79 Å². The minimum absolute atomic E-state index is 0.113. The van der Waals surface area contributed by atoms with Crippen LogP contribution in [0.5, 0.6) is 0 Å². The van der Waals surface area contributed by atoms with Crippen LogP contribution in [0.4, 0.5) is 5.69 Å². The van der Waals surface area contributed by atoms with E-state index in [9.17, 15) is 4.79 Å². The Hall–Kier alpha value is -0.910. The molecule has 0 spiro atoms. The molecule has 2 saturated heterocycles. The van der Waals surface area contributed by atoms with Crippen LogP contribution in [-0.2, 0) is 16.1 Å². The number of halogens is 1. The van der Waals surface area contributed by atoms with Gasteiger partial charge >= 0.3 is 0 Å². The lowest BCUT2D eigenvalue weighted by atomic mass is 9.89. The topological polar surface area (TPSA) is 50.4 Å². The first-order valence-corrected chi connectivity index (χ1v) is 8.77. The molecule has 4 nitrogen and oxygen atoms in total. The van der Waals surface area contributed by atoms with Crippen LogP contribution in [0.15, 0.2) is 22.7 Å². The van der Waals surface area contributed by atoms with Crippen molar-refractivity contribution in [2.75, 3.05) is 12.4 Å². The average Bonchev–Trinajstić information content (AvgIpc) is 2.82. The summed E-state index contributed by atoms with van der Waals surface area (Å²) < 4.78 is 6.19. The zero-order valence-electron chi connectivity index (χ0n) is 12.9. The molecular formula is C17H23BrN2O2. The van der Waals surface area contributed by atoms with Gasteiger partial charge in [0.2, 0.25) is 5.91 Å². The Morgan fingerprint density at radius 3 is 2.77 bits per heavy atom. The molecule has 0 aromatic heterocycles. The lowest BCUT2D eigenvalue weighted by molar-refractivity contribution is -0.117. The van der Waals surface area contributed by atoms with Crippen molar-refractivity contribution in [3.8, 4) is 0 Å². The van der Waals surface area contributed by atoms with Crippen molar-refractivity contribution in [2.45, 2.75) is 50.8 Å². The van der Waals surface area contributed by atoms with Crippen molar-refractivity contribution in [2.24, 2.45) is 5.92 Å². The number of fused-ring (bicyclic) bond motifs is 2. The Bertz CT molecular complexity index is 537. The molecule has 0 saturated carbocycles. The maximum absolute atomic E-state index is 12.4. The van der Waals surface area contributed by atoms with Gasteiger partial charge in [-0.25, -0.2) is 0 Å². The second-order valence-corrected chi connectivity index (χ2v) is 7.28. The zero-order valence-corrected chi connectivity index (χ0v) is 14.5. The molecule has 1 aromatic carbocycles. The van der Waals surface area contributed by atoms with Crippen molar-refractivity contribution in [3.63, 3.8) is 0 Å². The summed E-state index contributed by atoms with van der Waals surface area (Å²) in [4.78, 5) is 12.4. The molecule has 2 bridgehead atoms. The number of benzene rings is 1. The average molecular weight is 367 g/mol. The molecule has 2 unspecified atom stereocenters. The molecule has 2 aliphatic heterocycles. The Balaban J connectivity index is 1.61. The van der Waals surface area contributed by atoms with E-state index >= 15 is 0 Å². The largest absolute Gasteiger partial charge is 0.380 e. The molecule has 2 N–H and O–H groups in total. The summed E-state index contributed by atoms with van der Waals surface area (Å²) in [6.07, 6.45) is 5.42. The van der Waals surface area contributed by atoms with Crippen LogP contribution < -0.4 is 10.6 Å². The number of hydrogen-bond donors (Lipinski definition) is 2. The molecule has 2 atom stereocenters. The SMILES string of the molecule is COCc1c(Br)cccc1NC(=O)CC1CC2CCC(C1)N2. The van der Waals surface area contributed by atoms with Crippen molar-refractivity contribution in [1.29, 1.82) is 0 Å². The van der Waals surface area contributed by atoms with Crippen LogP contribution in [0, 0.1) is 5.92 Å². The van der Waals surface area contributed by atoms with Crippen molar-refractivity contribution < 1.29 is 9.53 Å². The molecule has 1 amide bonds. The van der Waals surface area contributed by atoms with Gasteiger partial charge in [-0.2, -0.15) is 0 Å². The first-order valence-electron chi connectivity index (χ1n) is 7.98. The zero-order chi connectivity index (χ0) is 15.5. The van der Waals surface area contributed by atoms with Crippen molar-refractivity contribution >= 4 is 27.5 Å². The molecule has 3 rings (SSSR count). The van der Waals surface area contributed by atoms with E-state index in [2.05, 4.69) is 26.6 Å². The van der Waals surface area contributed by atoms with Gasteiger partial charge in [0.1, 0.15) is 0 Å². The fourth-order valence-corrected chi connectivity index (χ4v) is 4.25. The standard InChI is InChI=1S/C17H23BrN2O2/c1-22-10-14-15(18)3-2-4-16(14)20-17(21)9-11-7-12-5-6-13(8-11)19-12/h2-4,11-13,19H,5-10H2,1H3,(H,20,21). The van der Waals surface area contributed by atoms with E-state index in [1.807, 2.05) is 18.2 Å². The predicted molar refractivity (Wildman–Crippen MR) is 90.8 cm³/mol. The molecule has 0 aliphatic carbocycles. The first-order chi connectivity index (χ1) is 10.7. The van der Waals surface area contributed by atoms with Crippen molar-refractivity contribution in [1.82, 2.24) is 5.32 Å². The van der Waals surface area contributed by atoms with E-state index in [1.54, 1.807) is 7.11 Å². The number of piperidine rings is 1. The van der Waals surface area contributed by atoms with Gasteiger partial charge in [0.15, 0.2) is 0 Å². The van der Waals surface area contributed by atoms with Crippen LogP contribution in [-0.4, -0.2) is 25.1 Å². The summed E-state index contributed by atoms with van der Waals surface area (Å²) in [5.41, 5.74) is 1.84. The summed E-state index contributed by atoms with van der Waals surface area (Å²) in [6.45, 7) is 0.481. The molecule has 5 heteroatoms. The van der Waals surface area contributed by atoms with Crippen LogP contribution in [0.1, 0.15) is 37.7 Å². The number of anilines is 1. The Morgan fingerprint density at radius 2 is 2.09 bits per heavy atom. The number of carbonyl (C=O) groups is 1. The van der Waals surface area contributed by atoms with Crippen LogP contribution in [0.25, 0.3) is 0 Å². The van der Waals surface area contributed by atoms with E-state index in [1.165, 1.54) is 12.8 Å². The second-order valence-electron chi connectivity index (χ2n) is 6.43. The lowest BCUT2D eigenvalue weighted by Crippen LogP contribution is -2.39. The first kappa shape index (κ1) is 16.0. The Kier molecular flexibility index (Phi) is 5.16. The predicted octanol–water partition coefficient (Wildman–Crippen LogP) is 3.45. The summed E-state index contributed by atoms with van der Waals surface area (Å²) >= 11 is 3.52. The van der Waals surface area contributed by atoms with Crippen LogP contribution in [0.2, 0.25) is 0 Å². The van der Waals surface area contributed by atoms with E-state index in [0.717, 1.165) is 28.6 Å². The van der Waals surface area contributed by atoms with E-state index < -0.39 is 0 Å². The fourth-order valence-electron chi connectivity index (χ4n) is 3.77. The highest BCUT2D eigenvalue weighted by molar-refractivity contribution is 9.10. The number of rotatable bonds is 5. The molecule has 2 aliphatic rings. The van der Waals surface area contributed by atoms with E-state index in [-0.39, 0.29) is 5.91 Å². The van der Waals surface area contributed by atoms with Gasteiger partial charge in [0.05, 0.1) is 6.61 Å². The van der Waals surface area contributed by atoms with Gasteiger partial charge in [-0.1, -0.05) is 22.0 Å². The summed E-state index contributed by atoms with van der Waals surface area (Å²) in [5.74, 6) is 0.624. The number of amides is 1. The van der Waals surface area contributed by atoms with Gasteiger partial charge in [-0.05, 0) is 43.7 Å². The molecule has 2 fully saturated rings. The van der Waals surface area contributed by atoms with Crippen molar-refractivity contribution in [3.05, 3.63) is 28.2 Å². The summed E-state index contributed by atoms with van der Waals surface area (Å²) in [5, 5.41) is 6.69. The highest BCUT2D eigenvalue weighted by Crippen LogP contribution is 2.33. The van der Waals surface area contributed by atoms with Gasteiger partial charge in [-0.15, -0.1) is 0 Å². The summed E-state index contributed by atoms with van der Waals surface area (Å²) in [7, 11) is 1.66. The Labute approximate surface area is 140 Å². The molecule has 120 valence electrons. The number of nitrogens with one attached hydrogen (secondary N) is 2. The second kappa shape index (κ2) is 7.11. The highest BCUT2D eigenvalue weighted by atomic mass is 79.9. The van der Waals surface area contributed by atoms with E-state index in [0.29, 0.717) is 31.0 Å². The fraction of sp³-hybridized carbons (Fsp3) is 0.588. The maximum atomic E-state index is 12.4. The third kappa shape index (κ3) is 3.70. The maximum Gasteiger partial charge on any atom is 0.224 e. The molecule has 2 heterocycles. The highest BCUT2D eigenvalue weighted by Gasteiger charge is 2.34. The van der Waals surface area contributed by atoms with Gasteiger partial charge in [0, 0.05) is 41.3 Å². The smallest absolute Gasteiger partial charge is 0.224 e.